The summed E-state index contributed by atoms with van der Waals surface area (Å²) in [4.78, 5) is 13.2. The van der Waals surface area contributed by atoms with Crippen LogP contribution in [-0.4, -0.2) is 44.6 Å². The molecular weight excluding hydrogens is 260 g/mol. The molecular formula is C13H14N4O3. The van der Waals surface area contributed by atoms with Crippen LogP contribution in [0.4, 0.5) is 4.79 Å². The molecule has 20 heavy (non-hydrogen) atoms. The van der Waals surface area contributed by atoms with Crippen LogP contribution in [0.25, 0.3) is 0 Å². The highest BCUT2D eigenvalue weighted by atomic mass is 16.6. The molecule has 1 aliphatic rings. The minimum atomic E-state index is -1.13. The number of carbonyl (C=O) groups is 1. The molecule has 1 amide bonds. The maximum atomic E-state index is 11.8. The molecule has 1 aromatic carbocycles. The number of amides is 1. The van der Waals surface area contributed by atoms with E-state index in [-0.39, 0.29) is 19.7 Å². The lowest BCUT2D eigenvalue weighted by Gasteiger charge is -2.44. The van der Waals surface area contributed by atoms with Crippen LogP contribution in [0, 0.1) is 0 Å². The van der Waals surface area contributed by atoms with E-state index in [9.17, 15) is 9.90 Å². The van der Waals surface area contributed by atoms with Gasteiger partial charge in [0, 0.05) is 0 Å². The first-order valence-electron chi connectivity index (χ1n) is 6.22. The lowest BCUT2D eigenvalue weighted by Crippen LogP contribution is -2.61. The van der Waals surface area contributed by atoms with E-state index in [4.69, 9.17) is 4.74 Å². The number of nitrogens with one attached hydrogen (secondary N) is 1. The lowest BCUT2D eigenvalue weighted by atomic mass is 9.91. The third-order valence-electron chi connectivity index (χ3n) is 3.26. The number of aliphatic hydroxyl groups is 1. The van der Waals surface area contributed by atoms with Crippen molar-refractivity contribution in [2.24, 2.45) is 0 Å². The molecule has 104 valence electrons. The largest absolute Gasteiger partial charge is 0.445 e. The molecule has 0 unspecified atom stereocenters. The van der Waals surface area contributed by atoms with Crippen LogP contribution in [0.1, 0.15) is 11.3 Å². The van der Waals surface area contributed by atoms with Gasteiger partial charge in [0.05, 0.1) is 19.3 Å². The predicted octanol–water partition coefficient (Wildman–Crippen LogP) is 0.645. The highest BCUT2D eigenvalue weighted by Gasteiger charge is 2.47. The Morgan fingerprint density at radius 1 is 1.40 bits per heavy atom. The Morgan fingerprint density at radius 2 is 2.15 bits per heavy atom. The molecule has 1 aliphatic heterocycles. The number of hydrogen-bond acceptors (Lipinski definition) is 5. The number of β-amino-alcohol motifs (C(OH)–C–C–N with tert-alkyl or cyclic N) is 1. The minimum absolute atomic E-state index is 0.160. The number of aromatic amines is 1. The van der Waals surface area contributed by atoms with Gasteiger partial charge >= 0.3 is 6.09 Å². The SMILES string of the molecule is O=C(OCc1ccccc1)N1CC(O)(c2cn[nH]n2)C1. The van der Waals surface area contributed by atoms with Crippen LogP contribution in [-0.2, 0) is 16.9 Å². The highest BCUT2D eigenvalue weighted by Crippen LogP contribution is 2.30. The molecule has 0 aliphatic carbocycles. The van der Waals surface area contributed by atoms with Gasteiger partial charge in [0.25, 0.3) is 0 Å². The number of benzene rings is 1. The van der Waals surface area contributed by atoms with Crippen LogP contribution >= 0.6 is 0 Å². The van der Waals surface area contributed by atoms with Crippen molar-refractivity contribution >= 4 is 6.09 Å². The van der Waals surface area contributed by atoms with Gasteiger partial charge in [-0.3, -0.25) is 0 Å². The monoisotopic (exact) mass is 274 g/mol. The van der Waals surface area contributed by atoms with E-state index in [0.29, 0.717) is 5.69 Å². The second kappa shape index (κ2) is 4.93. The van der Waals surface area contributed by atoms with Crippen molar-refractivity contribution in [1.29, 1.82) is 0 Å². The molecule has 7 nitrogen and oxygen atoms in total. The summed E-state index contributed by atoms with van der Waals surface area (Å²) in [6.07, 6.45) is 1.01. The predicted molar refractivity (Wildman–Crippen MR) is 68.5 cm³/mol. The molecule has 2 N–H and O–H groups in total. The maximum absolute atomic E-state index is 11.8. The molecule has 3 rings (SSSR count). The first-order valence-corrected chi connectivity index (χ1v) is 6.22. The van der Waals surface area contributed by atoms with Gasteiger partial charge in [-0.25, -0.2) is 4.79 Å². The van der Waals surface area contributed by atoms with Crippen LogP contribution in [0.3, 0.4) is 0 Å². The lowest BCUT2D eigenvalue weighted by molar-refractivity contribution is -0.0977. The van der Waals surface area contributed by atoms with Crippen LogP contribution in [0.15, 0.2) is 36.5 Å². The van der Waals surface area contributed by atoms with E-state index in [1.807, 2.05) is 30.3 Å². The van der Waals surface area contributed by atoms with Crippen molar-refractivity contribution in [2.75, 3.05) is 13.1 Å². The van der Waals surface area contributed by atoms with Gasteiger partial charge in [0.15, 0.2) is 0 Å². The van der Waals surface area contributed by atoms with Gasteiger partial charge in [-0.05, 0) is 5.56 Å². The fourth-order valence-corrected chi connectivity index (χ4v) is 2.11. The van der Waals surface area contributed by atoms with Crippen molar-refractivity contribution in [2.45, 2.75) is 12.2 Å². The average Bonchev–Trinajstić information content (AvgIpc) is 2.97. The summed E-state index contributed by atoms with van der Waals surface area (Å²) in [5.74, 6) is 0. The first-order chi connectivity index (χ1) is 9.67. The second-order valence-corrected chi connectivity index (χ2v) is 4.78. The number of hydrogen-bond donors (Lipinski definition) is 2. The Morgan fingerprint density at radius 3 is 2.80 bits per heavy atom. The summed E-state index contributed by atoms with van der Waals surface area (Å²) >= 11 is 0. The van der Waals surface area contributed by atoms with Gasteiger partial charge in [-0.1, -0.05) is 30.3 Å². The summed E-state index contributed by atoms with van der Waals surface area (Å²) in [5.41, 5.74) is 0.233. The van der Waals surface area contributed by atoms with Gasteiger partial charge in [-0.15, -0.1) is 0 Å². The van der Waals surface area contributed by atoms with Gasteiger partial charge in [-0.2, -0.15) is 15.4 Å². The third-order valence-corrected chi connectivity index (χ3v) is 3.26. The van der Waals surface area contributed by atoms with Crippen molar-refractivity contribution in [3.05, 3.63) is 47.8 Å². The smallest absolute Gasteiger partial charge is 0.410 e. The molecule has 1 fully saturated rings. The zero-order chi connectivity index (χ0) is 14.0. The number of ether oxygens (including phenoxy) is 1. The van der Waals surface area contributed by atoms with Crippen LogP contribution in [0.2, 0.25) is 0 Å². The quantitative estimate of drug-likeness (QED) is 0.857. The van der Waals surface area contributed by atoms with Crippen LogP contribution < -0.4 is 0 Å². The van der Waals surface area contributed by atoms with E-state index in [0.717, 1.165) is 5.56 Å². The summed E-state index contributed by atoms with van der Waals surface area (Å²) in [6, 6.07) is 9.44. The van der Waals surface area contributed by atoms with E-state index >= 15 is 0 Å². The number of nitrogens with zero attached hydrogens (tertiary/aromatic N) is 3. The Kier molecular flexibility index (Phi) is 3.11. The third kappa shape index (κ3) is 2.35. The number of H-pyrrole nitrogens is 1. The second-order valence-electron chi connectivity index (χ2n) is 4.78. The van der Waals surface area contributed by atoms with Crippen LogP contribution in [0.5, 0.6) is 0 Å². The number of aromatic nitrogens is 3. The van der Waals surface area contributed by atoms with Gasteiger partial charge < -0.3 is 14.7 Å². The highest BCUT2D eigenvalue weighted by molar-refractivity contribution is 5.69. The molecule has 1 aromatic heterocycles. The van der Waals surface area contributed by atoms with E-state index in [1.165, 1.54) is 11.1 Å². The average molecular weight is 274 g/mol. The number of carbonyl (C=O) groups excluding carboxylic acids is 1. The van der Waals surface area contributed by atoms with E-state index in [2.05, 4.69) is 15.4 Å². The molecule has 0 radical (unpaired) electrons. The van der Waals surface area contributed by atoms with E-state index in [1.54, 1.807) is 0 Å². The Labute approximate surface area is 115 Å². The van der Waals surface area contributed by atoms with Gasteiger partial charge in [0.1, 0.15) is 17.9 Å². The van der Waals surface area contributed by atoms with E-state index < -0.39 is 11.7 Å². The molecule has 0 spiro atoms. The fourth-order valence-electron chi connectivity index (χ4n) is 2.11. The van der Waals surface area contributed by atoms with Crippen molar-refractivity contribution in [1.82, 2.24) is 20.3 Å². The van der Waals surface area contributed by atoms with Crippen molar-refractivity contribution < 1.29 is 14.6 Å². The number of rotatable bonds is 3. The molecule has 0 bridgehead atoms. The fraction of sp³-hybridized carbons (Fsp3) is 0.308. The molecule has 7 heteroatoms. The molecule has 0 saturated carbocycles. The van der Waals surface area contributed by atoms with Crippen molar-refractivity contribution in [3.8, 4) is 0 Å². The Balaban J connectivity index is 1.51. The molecule has 1 saturated heterocycles. The molecule has 2 aromatic rings. The summed E-state index contributed by atoms with van der Waals surface area (Å²) in [7, 11) is 0. The molecule has 2 heterocycles. The topological polar surface area (TPSA) is 91.3 Å². The zero-order valence-corrected chi connectivity index (χ0v) is 10.7. The standard InChI is InChI=1S/C13H14N4O3/c18-12(20-7-10-4-2-1-3-5-10)17-8-13(19,9-17)11-6-14-16-15-11/h1-6,19H,7-9H2,(H,14,15,16). The normalized spacial score (nSPS) is 16.6. The summed E-state index contributed by atoms with van der Waals surface area (Å²) < 4.78 is 5.17. The molecule has 0 atom stereocenters. The summed E-state index contributed by atoms with van der Waals surface area (Å²) in [5, 5.41) is 20.1. The minimum Gasteiger partial charge on any atom is -0.445 e. The Bertz CT molecular complexity index is 579. The van der Waals surface area contributed by atoms with Crippen molar-refractivity contribution in [3.63, 3.8) is 0 Å². The number of likely N-dealkylation sites (tertiary alicyclic amines) is 1. The Hall–Kier alpha value is -2.41. The zero-order valence-electron chi connectivity index (χ0n) is 10.7. The maximum Gasteiger partial charge on any atom is 0.410 e. The van der Waals surface area contributed by atoms with Gasteiger partial charge in [0.2, 0.25) is 0 Å². The first kappa shape index (κ1) is 12.6. The summed E-state index contributed by atoms with van der Waals surface area (Å²) in [6.45, 7) is 0.541.